The second kappa shape index (κ2) is 9.28. The lowest BCUT2D eigenvalue weighted by molar-refractivity contribution is 0.256. The van der Waals surface area contributed by atoms with Crippen LogP contribution in [-0.4, -0.2) is 18.1 Å². The van der Waals surface area contributed by atoms with Crippen molar-refractivity contribution in [1.29, 1.82) is 0 Å². The van der Waals surface area contributed by atoms with Gasteiger partial charge < -0.3 is 10.6 Å². The first-order valence-electron chi connectivity index (χ1n) is 11.5. The van der Waals surface area contributed by atoms with Gasteiger partial charge in [-0.25, -0.2) is 0 Å². The van der Waals surface area contributed by atoms with Gasteiger partial charge in [0.1, 0.15) is 0 Å². The lowest BCUT2D eigenvalue weighted by atomic mass is 9.88. The van der Waals surface area contributed by atoms with E-state index in [1.165, 1.54) is 59.2 Å². The highest BCUT2D eigenvalue weighted by Crippen LogP contribution is 2.29. The van der Waals surface area contributed by atoms with Crippen LogP contribution in [0.4, 0.5) is 0 Å². The van der Waals surface area contributed by atoms with Crippen LogP contribution < -0.4 is 10.6 Å². The minimum Gasteiger partial charge on any atom is -0.310 e. The third-order valence-electron chi connectivity index (χ3n) is 6.51. The van der Waals surface area contributed by atoms with Crippen LogP contribution in [0.5, 0.6) is 0 Å². The van der Waals surface area contributed by atoms with Crippen molar-refractivity contribution in [3.05, 3.63) is 60.2 Å². The van der Waals surface area contributed by atoms with Crippen LogP contribution in [0.1, 0.15) is 58.4 Å². The molecule has 1 fully saturated rings. The Bertz CT molecular complexity index is 892. The minimum absolute atomic E-state index is 0.552. The average Bonchev–Trinajstić information content (AvgIpc) is 2.71. The van der Waals surface area contributed by atoms with Gasteiger partial charge in [0.2, 0.25) is 0 Å². The van der Waals surface area contributed by atoms with Gasteiger partial charge in [-0.3, -0.25) is 0 Å². The van der Waals surface area contributed by atoms with Crippen LogP contribution >= 0.6 is 0 Å². The molecule has 3 aromatic carbocycles. The van der Waals surface area contributed by atoms with Crippen LogP contribution in [0.2, 0.25) is 0 Å². The smallest absolute Gasteiger partial charge is 0.0224 e. The van der Waals surface area contributed by atoms with Crippen LogP contribution in [0, 0.1) is 5.92 Å². The summed E-state index contributed by atoms with van der Waals surface area (Å²) in [7, 11) is 0. The summed E-state index contributed by atoms with van der Waals surface area (Å²) in [5, 5.41) is 13.4. The summed E-state index contributed by atoms with van der Waals surface area (Å²) in [5.74, 6) is 0.745. The van der Waals surface area contributed by atoms with E-state index in [0.717, 1.165) is 12.5 Å². The number of rotatable bonds is 7. The maximum Gasteiger partial charge on any atom is 0.0224 e. The van der Waals surface area contributed by atoms with Crippen molar-refractivity contribution in [2.45, 2.75) is 77.5 Å². The van der Waals surface area contributed by atoms with E-state index in [9.17, 15) is 0 Å². The van der Waals surface area contributed by atoms with E-state index < -0.39 is 0 Å². The van der Waals surface area contributed by atoms with Crippen molar-refractivity contribution >= 4 is 21.5 Å². The summed E-state index contributed by atoms with van der Waals surface area (Å²) in [6, 6.07) is 21.7. The Morgan fingerprint density at radius 1 is 0.828 bits per heavy atom. The summed E-state index contributed by atoms with van der Waals surface area (Å²) in [6.07, 6.45) is 6.49. The monoisotopic (exact) mass is 388 g/mol. The van der Waals surface area contributed by atoms with Crippen molar-refractivity contribution in [1.82, 2.24) is 10.6 Å². The van der Waals surface area contributed by atoms with Crippen LogP contribution in [-0.2, 0) is 6.54 Å². The second-order valence-electron chi connectivity index (χ2n) is 9.37. The van der Waals surface area contributed by atoms with Gasteiger partial charge in [0.05, 0.1) is 0 Å². The molecule has 0 heterocycles. The number of nitrogens with one attached hydrogen (secondary N) is 2. The van der Waals surface area contributed by atoms with Gasteiger partial charge in [-0.2, -0.15) is 0 Å². The Morgan fingerprint density at radius 2 is 1.41 bits per heavy atom. The van der Waals surface area contributed by atoms with Crippen LogP contribution in [0.3, 0.4) is 0 Å². The molecule has 0 saturated heterocycles. The average molecular weight is 389 g/mol. The summed E-state index contributed by atoms with van der Waals surface area (Å²) < 4.78 is 0. The Hall–Kier alpha value is -1.90. The van der Waals surface area contributed by atoms with E-state index in [1.54, 1.807) is 0 Å². The van der Waals surface area contributed by atoms with Crippen molar-refractivity contribution in [3.8, 4) is 0 Å². The van der Waals surface area contributed by atoms with E-state index in [4.69, 9.17) is 0 Å². The van der Waals surface area contributed by atoms with Crippen molar-refractivity contribution in [3.63, 3.8) is 0 Å². The first-order valence-corrected chi connectivity index (χ1v) is 11.5. The summed E-state index contributed by atoms with van der Waals surface area (Å²) in [5.41, 5.74) is 1.44. The lowest BCUT2D eigenvalue weighted by Crippen LogP contribution is -2.52. The van der Waals surface area contributed by atoms with Gasteiger partial charge in [-0.1, -0.05) is 75.2 Å². The maximum absolute atomic E-state index is 3.97. The molecule has 3 atom stereocenters. The molecule has 2 N–H and O–H groups in total. The first-order chi connectivity index (χ1) is 14.1. The molecule has 1 aliphatic rings. The molecule has 4 rings (SSSR count). The molecule has 0 bridgehead atoms. The summed E-state index contributed by atoms with van der Waals surface area (Å²) >= 11 is 0. The Balaban J connectivity index is 1.56. The fraction of sp³-hybridized carbons (Fsp3) is 0.481. The normalized spacial score (nSPS) is 21.1. The molecule has 0 amide bonds. The Kier molecular flexibility index (Phi) is 6.52. The molecule has 2 nitrogen and oxygen atoms in total. The lowest BCUT2D eigenvalue weighted by Gasteiger charge is -2.35. The van der Waals surface area contributed by atoms with E-state index in [1.807, 2.05) is 0 Å². The highest BCUT2D eigenvalue weighted by molar-refractivity contribution is 6.02. The third kappa shape index (κ3) is 4.82. The molecule has 154 valence electrons. The zero-order chi connectivity index (χ0) is 20.2. The Labute approximate surface area is 176 Å². The highest BCUT2D eigenvalue weighted by Gasteiger charge is 2.26. The fourth-order valence-electron chi connectivity index (χ4n) is 5.25. The zero-order valence-corrected chi connectivity index (χ0v) is 18.2. The predicted molar refractivity (Wildman–Crippen MR) is 126 cm³/mol. The third-order valence-corrected chi connectivity index (χ3v) is 6.51. The summed E-state index contributed by atoms with van der Waals surface area (Å²) in [4.78, 5) is 0. The van der Waals surface area contributed by atoms with Crippen molar-refractivity contribution < 1.29 is 0 Å². The van der Waals surface area contributed by atoms with Crippen molar-refractivity contribution in [2.24, 2.45) is 5.92 Å². The Morgan fingerprint density at radius 3 is 2.03 bits per heavy atom. The molecule has 1 aliphatic carbocycles. The molecular weight excluding hydrogens is 352 g/mol. The largest absolute Gasteiger partial charge is 0.310 e. The molecule has 2 heteroatoms. The molecule has 3 aromatic rings. The number of hydrogen-bond acceptors (Lipinski definition) is 2. The van der Waals surface area contributed by atoms with E-state index in [-0.39, 0.29) is 0 Å². The van der Waals surface area contributed by atoms with Crippen molar-refractivity contribution in [2.75, 3.05) is 0 Å². The van der Waals surface area contributed by atoms with E-state index >= 15 is 0 Å². The molecule has 1 saturated carbocycles. The standard InChI is InChI=1S/C27H36N2/c1-19(2)16-20(3)29-27-15-9-8-14-26(27)28-18-25-23-12-6-4-10-21(23)17-22-11-5-7-13-24(22)25/h4-7,10-13,17,19-20,26-29H,8-9,14-16,18H2,1-3H3/t20?,26-,27-/m1/s1. The predicted octanol–water partition coefficient (Wildman–Crippen LogP) is 6.42. The fourth-order valence-corrected chi connectivity index (χ4v) is 5.25. The molecule has 29 heavy (non-hydrogen) atoms. The van der Waals surface area contributed by atoms with Gasteiger partial charge in [0.25, 0.3) is 0 Å². The SMILES string of the molecule is CC(C)CC(C)N[C@@H]1CCCC[C@H]1NCc1c2ccccc2cc2ccccc12. The summed E-state index contributed by atoms with van der Waals surface area (Å²) in [6.45, 7) is 7.92. The molecule has 0 spiro atoms. The van der Waals surface area contributed by atoms with Gasteiger partial charge in [0.15, 0.2) is 0 Å². The van der Waals surface area contributed by atoms with Gasteiger partial charge in [-0.15, -0.1) is 0 Å². The minimum atomic E-state index is 0.552. The van der Waals surface area contributed by atoms with Gasteiger partial charge in [-0.05, 0) is 65.3 Å². The molecule has 0 radical (unpaired) electrons. The molecule has 1 unspecified atom stereocenters. The molecular formula is C27H36N2. The first kappa shape index (κ1) is 20.4. The topological polar surface area (TPSA) is 24.1 Å². The van der Waals surface area contributed by atoms with E-state index in [0.29, 0.717) is 18.1 Å². The molecule has 0 aromatic heterocycles. The molecule has 0 aliphatic heterocycles. The highest BCUT2D eigenvalue weighted by atomic mass is 15.0. The van der Waals surface area contributed by atoms with Gasteiger partial charge in [0, 0.05) is 24.7 Å². The number of hydrogen-bond donors (Lipinski definition) is 2. The second-order valence-corrected chi connectivity index (χ2v) is 9.37. The van der Waals surface area contributed by atoms with Crippen LogP contribution in [0.15, 0.2) is 54.6 Å². The zero-order valence-electron chi connectivity index (χ0n) is 18.2. The maximum atomic E-state index is 3.97. The van der Waals surface area contributed by atoms with Gasteiger partial charge >= 0.3 is 0 Å². The number of fused-ring (bicyclic) bond motifs is 2. The number of benzene rings is 3. The van der Waals surface area contributed by atoms with Crippen LogP contribution in [0.25, 0.3) is 21.5 Å². The quantitative estimate of drug-likeness (QED) is 0.456. The van der Waals surface area contributed by atoms with E-state index in [2.05, 4.69) is 86.0 Å².